The van der Waals surface area contributed by atoms with Crippen molar-refractivity contribution in [2.75, 3.05) is 12.3 Å². The number of nitrogens with one attached hydrogen (secondary N) is 1. The zero-order chi connectivity index (χ0) is 19.6. The monoisotopic (exact) mass is 423 g/mol. The van der Waals surface area contributed by atoms with E-state index in [2.05, 4.69) is 15.0 Å². The number of halogens is 2. The first kappa shape index (κ1) is 18.8. The van der Waals surface area contributed by atoms with E-state index in [1.807, 2.05) is 0 Å². The predicted molar refractivity (Wildman–Crippen MR) is 90.8 cm³/mol. The van der Waals surface area contributed by atoms with Crippen LogP contribution in [0.15, 0.2) is 11.1 Å². The van der Waals surface area contributed by atoms with Gasteiger partial charge in [0.25, 0.3) is 10.7 Å². The molecule has 2 saturated heterocycles. The summed E-state index contributed by atoms with van der Waals surface area (Å²) in [6.45, 7) is 2.99. The zero-order valence-corrected chi connectivity index (χ0v) is 15.8. The van der Waals surface area contributed by atoms with Crippen molar-refractivity contribution < 1.29 is 27.3 Å². The van der Waals surface area contributed by atoms with E-state index in [4.69, 9.17) is 35.6 Å². The van der Waals surface area contributed by atoms with Crippen molar-refractivity contribution in [3.05, 3.63) is 16.7 Å². The Bertz CT molecular complexity index is 995. The number of aromatic nitrogens is 4. The van der Waals surface area contributed by atoms with Crippen LogP contribution in [0.25, 0.3) is 11.2 Å². The number of alkyl halides is 2. The molecule has 2 aromatic rings. The molecule has 2 fully saturated rings. The lowest BCUT2D eigenvalue weighted by Crippen LogP contribution is -2.43. The number of fused-ring (bicyclic) bond motifs is 2. The van der Waals surface area contributed by atoms with Crippen LogP contribution in [0.5, 0.6) is 0 Å². The second kappa shape index (κ2) is 6.23. The summed E-state index contributed by atoms with van der Waals surface area (Å²) < 4.78 is 50.2. The van der Waals surface area contributed by atoms with Crippen molar-refractivity contribution in [1.29, 1.82) is 0 Å². The highest BCUT2D eigenvalue weighted by Crippen LogP contribution is 2.61. The van der Waals surface area contributed by atoms with Crippen LogP contribution in [-0.2, 0) is 22.9 Å². The Morgan fingerprint density at radius 2 is 2.33 bits per heavy atom. The molecule has 0 bridgehead atoms. The number of imidazole rings is 1. The summed E-state index contributed by atoms with van der Waals surface area (Å²) in [6.07, 6.45) is -3.23. The molecule has 0 aliphatic carbocycles. The predicted octanol–water partition coefficient (Wildman–Crippen LogP) is 1.45. The first-order valence-corrected chi connectivity index (χ1v) is 9.81. The molecule has 4 heterocycles. The van der Waals surface area contributed by atoms with E-state index in [-0.39, 0.29) is 23.7 Å². The smallest absolute Gasteiger partial charge is 0.369 e. The molecule has 2 aromatic heterocycles. The van der Waals surface area contributed by atoms with Gasteiger partial charge in [-0.15, -0.1) is 0 Å². The van der Waals surface area contributed by atoms with Gasteiger partial charge in [-0.1, -0.05) is 11.6 Å². The molecule has 148 valence electrons. The van der Waals surface area contributed by atoms with Crippen LogP contribution in [0.3, 0.4) is 0 Å². The molecule has 0 unspecified atom stereocenters. The number of rotatable bonds is 3. The Kier molecular flexibility index (Phi) is 4.33. The van der Waals surface area contributed by atoms with Gasteiger partial charge in [-0.3, -0.25) is 27.9 Å². The Morgan fingerprint density at radius 1 is 1.59 bits per heavy atom. The van der Waals surface area contributed by atoms with Crippen LogP contribution < -0.4 is 11.3 Å². The van der Waals surface area contributed by atoms with Gasteiger partial charge >= 0.3 is 7.82 Å². The largest absolute Gasteiger partial charge is 0.475 e. The minimum atomic E-state index is -4.01. The summed E-state index contributed by atoms with van der Waals surface area (Å²) >= 11 is 6.10. The molecule has 2 aliphatic rings. The molecular weight excluding hydrogens is 408 g/mol. The number of hydrogen-bond acceptors (Lipinski definition) is 9. The number of aromatic amines is 1. The lowest BCUT2D eigenvalue weighted by molar-refractivity contribution is -0.0733. The van der Waals surface area contributed by atoms with Crippen molar-refractivity contribution in [1.82, 2.24) is 19.5 Å². The summed E-state index contributed by atoms with van der Waals surface area (Å²) in [4.78, 5) is 22.1. The number of ether oxygens (including phenoxy) is 1. The van der Waals surface area contributed by atoms with Crippen LogP contribution in [0.1, 0.15) is 20.1 Å². The van der Waals surface area contributed by atoms with Gasteiger partial charge in [0.2, 0.25) is 5.95 Å². The van der Waals surface area contributed by atoms with Crippen LogP contribution in [-0.4, -0.2) is 49.6 Å². The highest BCUT2D eigenvalue weighted by atomic mass is 35.5. The average molecular weight is 424 g/mol. The van der Waals surface area contributed by atoms with Crippen molar-refractivity contribution in [2.24, 2.45) is 0 Å². The van der Waals surface area contributed by atoms with E-state index in [0.717, 1.165) is 10.9 Å². The average Bonchev–Trinajstić information content (AvgIpc) is 3.05. The quantitative estimate of drug-likeness (QED) is 0.553. The van der Waals surface area contributed by atoms with E-state index >= 15 is 4.39 Å². The third kappa shape index (κ3) is 3.06. The van der Waals surface area contributed by atoms with Gasteiger partial charge in [0.1, 0.15) is 6.10 Å². The van der Waals surface area contributed by atoms with E-state index in [9.17, 15) is 9.36 Å². The summed E-state index contributed by atoms with van der Waals surface area (Å²) in [5.41, 5.74) is 4.86. The van der Waals surface area contributed by atoms with Gasteiger partial charge in [0, 0.05) is 0 Å². The van der Waals surface area contributed by atoms with Gasteiger partial charge < -0.3 is 10.5 Å². The molecule has 0 spiro atoms. The van der Waals surface area contributed by atoms with Gasteiger partial charge in [0.15, 0.2) is 23.5 Å². The highest BCUT2D eigenvalue weighted by molar-refractivity contribution is 7.48. The van der Waals surface area contributed by atoms with Crippen LogP contribution in [0.4, 0.5) is 10.3 Å². The molecule has 0 amide bonds. The van der Waals surface area contributed by atoms with Gasteiger partial charge in [-0.25, -0.2) is 13.9 Å². The van der Waals surface area contributed by atoms with Crippen molar-refractivity contribution in [2.45, 2.75) is 43.5 Å². The van der Waals surface area contributed by atoms with Crippen molar-refractivity contribution in [3.8, 4) is 0 Å². The van der Waals surface area contributed by atoms with E-state index in [1.54, 1.807) is 13.8 Å². The molecule has 3 N–H and O–H groups in total. The fourth-order valence-corrected chi connectivity index (χ4v) is 4.98. The number of anilines is 1. The number of phosphoric acid groups is 1. The Hall–Kier alpha value is -1.56. The second-order valence-corrected chi connectivity index (χ2v) is 8.55. The van der Waals surface area contributed by atoms with Crippen molar-refractivity contribution in [3.63, 3.8) is 0 Å². The Labute approximate surface area is 156 Å². The maximum Gasteiger partial charge on any atom is 0.475 e. The number of phosphoric ester groups is 1. The fourth-order valence-electron chi connectivity index (χ4n) is 2.99. The topological polar surface area (TPSA) is 144 Å². The SMILES string of the molecule is CC(C)O[P@]1(=O)OC[C@H]2O[C@@H](n3cnc4c(=O)[nH]c(N)nc43)[C@@](F)(Cl)[C@@H]2O1. The van der Waals surface area contributed by atoms with Crippen LogP contribution in [0.2, 0.25) is 0 Å². The maximum absolute atomic E-state index is 15.5. The minimum Gasteiger partial charge on any atom is -0.369 e. The van der Waals surface area contributed by atoms with Gasteiger partial charge in [-0.05, 0) is 13.8 Å². The van der Waals surface area contributed by atoms with Gasteiger partial charge in [-0.2, -0.15) is 4.98 Å². The van der Waals surface area contributed by atoms with Gasteiger partial charge in [0.05, 0.1) is 19.0 Å². The van der Waals surface area contributed by atoms with Crippen molar-refractivity contribution >= 4 is 36.5 Å². The summed E-state index contributed by atoms with van der Waals surface area (Å²) in [7, 11) is -4.01. The van der Waals surface area contributed by atoms with E-state index in [1.165, 1.54) is 0 Å². The summed E-state index contributed by atoms with van der Waals surface area (Å²) in [6, 6.07) is 0. The number of nitrogens with zero attached hydrogens (tertiary/aromatic N) is 3. The lowest BCUT2D eigenvalue weighted by atomic mass is 10.1. The summed E-state index contributed by atoms with van der Waals surface area (Å²) in [5, 5.41) is -2.67. The first-order valence-electron chi connectivity index (χ1n) is 7.98. The van der Waals surface area contributed by atoms with E-state index in [0.29, 0.717) is 0 Å². The molecule has 27 heavy (non-hydrogen) atoms. The first-order chi connectivity index (χ1) is 12.6. The number of nitrogens with two attached hydrogens (primary N) is 1. The molecule has 14 heteroatoms. The standard InChI is InChI=1S/C13H16ClFN5O6P/c1-5(2)25-27(22)23-3-6-8(26-27)13(14,15)11(24-6)20-4-17-7-9(20)18-12(16)19-10(7)21/h4-6,8,11H,3H2,1-2H3,(H3,16,18,19,21)/t6-,8-,11-,13-,27+/m1/s1. The Morgan fingerprint density at radius 3 is 3.04 bits per heavy atom. The van der Waals surface area contributed by atoms with E-state index < -0.39 is 43.0 Å². The Balaban J connectivity index is 1.71. The minimum absolute atomic E-state index is 0.0231. The van der Waals surface area contributed by atoms with Crippen LogP contribution in [0, 0.1) is 0 Å². The molecule has 4 rings (SSSR count). The molecule has 0 saturated carbocycles. The molecule has 11 nitrogen and oxygen atoms in total. The number of nitrogen functional groups attached to an aromatic ring is 1. The number of hydrogen-bond donors (Lipinski definition) is 2. The van der Waals surface area contributed by atoms with Crippen LogP contribution >= 0.6 is 19.4 Å². The fraction of sp³-hybridized carbons (Fsp3) is 0.615. The molecule has 2 aliphatic heterocycles. The molecule has 0 radical (unpaired) electrons. The second-order valence-electron chi connectivity index (χ2n) is 6.40. The molecular formula is C13H16ClFN5O6P. The highest BCUT2D eigenvalue weighted by Gasteiger charge is 2.63. The molecule has 0 aromatic carbocycles. The third-order valence-electron chi connectivity index (χ3n) is 4.03. The molecule has 5 atom stereocenters. The summed E-state index contributed by atoms with van der Waals surface area (Å²) in [5.74, 6) is -0.182. The maximum atomic E-state index is 15.5. The normalized spacial score (nSPS) is 36.4. The number of H-pyrrole nitrogens is 1. The third-order valence-corrected chi connectivity index (χ3v) is 6.06. The lowest BCUT2D eigenvalue weighted by Gasteiger charge is -2.33. The zero-order valence-electron chi connectivity index (χ0n) is 14.2.